The molecular formula is C14H10Br2INO. The van der Waals surface area contributed by atoms with E-state index in [1.807, 2.05) is 43.3 Å². The van der Waals surface area contributed by atoms with E-state index in [1.54, 1.807) is 0 Å². The number of carbonyl (C=O) groups excluding carboxylic acids is 1. The van der Waals surface area contributed by atoms with Crippen molar-refractivity contribution < 1.29 is 4.79 Å². The molecule has 0 aliphatic rings. The zero-order valence-corrected chi connectivity index (χ0v) is 15.3. The third-order valence-corrected chi connectivity index (χ3v) is 4.73. The van der Waals surface area contributed by atoms with E-state index in [0.29, 0.717) is 5.56 Å². The molecule has 5 heteroatoms. The van der Waals surface area contributed by atoms with Gasteiger partial charge < -0.3 is 5.32 Å². The topological polar surface area (TPSA) is 29.1 Å². The first-order valence-corrected chi connectivity index (χ1v) is 8.17. The molecule has 2 nitrogen and oxygen atoms in total. The van der Waals surface area contributed by atoms with E-state index in [0.717, 1.165) is 23.8 Å². The van der Waals surface area contributed by atoms with E-state index >= 15 is 0 Å². The molecule has 0 atom stereocenters. The molecule has 0 aliphatic carbocycles. The van der Waals surface area contributed by atoms with Crippen LogP contribution in [0.2, 0.25) is 0 Å². The standard InChI is InChI=1S/C14H10Br2INO/c1-8-6-10(15)13(11(16)7-8)18-14(19)9-4-2-3-5-12(9)17/h2-7H,1H3,(H,18,19). The summed E-state index contributed by atoms with van der Waals surface area (Å²) < 4.78 is 2.65. The number of benzene rings is 2. The molecule has 2 rings (SSSR count). The Hall–Kier alpha value is -0.400. The number of anilines is 1. The fourth-order valence-corrected chi connectivity index (χ4v) is 3.89. The van der Waals surface area contributed by atoms with E-state index in [4.69, 9.17) is 0 Å². The normalized spacial score (nSPS) is 10.3. The van der Waals surface area contributed by atoms with Crippen LogP contribution in [0, 0.1) is 10.5 Å². The number of aryl methyl sites for hydroxylation is 1. The van der Waals surface area contributed by atoms with Crippen molar-refractivity contribution in [2.45, 2.75) is 6.92 Å². The van der Waals surface area contributed by atoms with Crippen LogP contribution in [0.3, 0.4) is 0 Å². The molecule has 0 radical (unpaired) electrons. The van der Waals surface area contributed by atoms with Crippen molar-refractivity contribution in [1.82, 2.24) is 0 Å². The predicted molar refractivity (Wildman–Crippen MR) is 93.7 cm³/mol. The molecule has 19 heavy (non-hydrogen) atoms. The second-order valence-electron chi connectivity index (χ2n) is 4.04. The lowest BCUT2D eigenvalue weighted by Gasteiger charge is -2.11. The largest absolute Gasteiger partial charge is 0.320 e. The monoisotopic (exact) mass is 493 g/mol. The van der Waals surface area contributed by atoms with Gasteiger partial charge in [0.15, 0.2) is 0 Å². The lowest BCUT2D eigenvalue weighted by atomic mass is 10.2. The second kappa shape index (κ2) is 6.37. The summed E-state index contributed by atoms with van der Waals surface area (Å²) in [6, 6.07) is 11.4. The van der Waals surface area contributed by atoms with Gasteiger partial charge in [-0.05, 0) is 91.2 Å². The fraction of sp³-hybridized carbons (Fsp3) is 0.0714. The molecule has 0 heterocycles. The molecule has 0 fully saturated rings. The fourth-order valence-electron chi connectivity index (χ4n) is 1.65. The van der Waals surface area contributed by atoms with Crippen LogP contribution in [-0.2, 0) is 0 Å². The molecule has 0 aliphatic heterocycles. The van der Waals surface area contributed by atoms with Crippen LogP contribution >= 0.6 is 54.5 Å². The van der Waals surface area contributed by atoms with Gasteiger partial charge in [-0.2, -0.15) is 0 Å². The van der Waals surface area contributed by atoms with Crippen LogP contribution in [0.5, 0.6) is 0 Å². The molecule has 0 saturated carbocycles. The minimum Gasteiger partial charge on any atom is -0.320 e. The van der Waals surface area contributed by atoms with Crippen LogP contribution in [0.1, 0.15) is 15.9 Å². The van der Waals surface area contributed by atoms with Crippen LogP contribution in [0.25, 0.3) is 0 Å². The summed E-state index contributed by atoms with van der Waals surface area (Å²) in [5.74, 6) is -0.116. The summed E-state index contributed by atoms with van der Waals surface area (Å²) in [6.45, 7) is 2.00. The molecule has 0 spiro atoms. The quantitative estimate of drug-likeness (QED) is 0.558. The van der Waals surface area contributed by atoms with Crippen LogP contribution < -0.4 is 5.32 Å². The van der Waals surface area contributed by atoms with Crippen molar-refractivity contribution >= 4 is 66.0 Å². The van der Waals surface area contributed by atoms with Crippen LogP contribution in [0.15, 0.2) is 45.3 Å². The molecule has 1 N–H and O–H groups in total. The number of carbonyl (C=O) groups is 1. The summed E-state index contributed by atoms with van der Waals surface area (Å²) in [4.78, 5) is 12.3. The van der Waals surface area contributed by atoms with Crippen LogP contribution in [0.4, 0.5) is 5.69 Å². The zero-order chi connectivity index (χ0) is 14.0. The molecular weight excluding hydrogens is 485 g/mol. The maximum atomic E-state index is 12.3. The number of hydrogen-bond acceptors (Lipinski definition) is 1. The highest BCUT2D eigenvalue weighted by atomic mass is 127. The number of amides is 1. The third kappa shape index (κ3) is 3.58. The lowest BCUT2D eigenvalue weighted by Crippen LogP contribution is -2.14. The van der Waals surface area contributed by atoms with Crippen molar-refractivity contribution in [2.24, 2.45) is 0 Å². The number of halogens is 3. The van der Waals surface area contributed by atoms with Gasteiger partial charge in [0.2, 0.25) is 0 Å². The maximum absolute atomic E-state index is 12.3. The van der Waals surface area contributed by atoms with E-state index in [9.17, 15) is 4.79 Å². The summed E-state index contributed by atoms with van der Waals surface area (Å²) >= 11 is 9.10. The molecule has 0 bridgehead atoms. The summed E-state index contributed by atoms with van der Waals surface area (Å²) in [5, 5.41) is 2.93. The van der Waals surface area contributed by atoms with E-state index < -0.39 is 0 Å². The molecule has 0 saturated heterocycles. The van der Waals surface area contributed by atoms with Gasteiger partial charge in [-0.1, -0.05) is 12.1 Å². The summed E-state index contributed by atoms with van der Waals surface area (Å²) in [7, 11) is 0. The Morgan fingerprint density at radius 1 is 1.16 bits per heavy atom. The number of hydrogen-bond donors (Lipinski definition) is 1. The van der Waals surface area contributed by atoms with E-state index in [1.165, 1.54) is 0 Å². The van der Waals surface area contributed by atoms with Gasteiger partial charge >= 0.3 is 0 Å². The van der Waals surface area contributed by atoms with Gasteiger partial charge in [0.1, 0.15) is 0 Å². The Balaban J connectivity index is 2.32. The lowest BCUT2D eigenvalue weighted by molar-refractivity contribution is 0.102. The Bertz CT molecular complexity index is 620. The predicted octanol–water partition coefficient (Wildman–Crippen LogP) is 5.38. The van der Waals surface area contributed by atoms with E-state index in [2.05, 4.69) is 59.8 Å². The van der Waals surface area contributed by atoms with Gasteiger partial charge in [-0.3, -0.25) is 4.79 Å². The summed E-state index contributed by atoms with van der Waals surface area (Å²) in [6.07, 6.45) is 0. The second-order valence-corrected chi connectivity index (χ2v) is 6.91. The van der Waals surface area contributed by atoms with Crippen molar-refractivity contribution in [1.29, 1.82) is 0 Å². The SMILES string of the molecule is Cc1cc(Br)c(NC(=O)c2ccccc2I)c(Br)c1. The first-order chi connectivity index (χ1) is 8.99. The van der Waals surface area contributed by atoms with Crippen LogP contribution in [-0.4, -0.2) is 5.91 Å². The van der Waals surface area contributed by atoms with Crippen molar-refractivity contribution in [3.63, 3.8) is 0 Å². The molecule has 0 aromatic heterocycles. The van der Waals surface area contributed by atoms with Crippen molar-refractivity contribution in [3.8, 4) is 0 Å². The molecule has 2 aromatic carbocycles. The first-order valence-electron chi connectivity index (χ1n) is 5.50. The number of nitrogens with one attached hydrogen (secondary N) is 1. The average molecular weight is 495 g/mol. The molecule has 2 aromatic rings. The minimum absolute atomic E-state index is 0.116. The van der Waals surface area contributed by atoms with E-state index in [-0.39, 0.29) is 5.91 Å². The van der Waals surface area contributed by atoms with Crippen molar-refractivity contribution in [3.05, 3.63) is 60.0 Å². The van der Waals surface area contributed by atoms with Gasteiger partial charge in [0, 0.05) is 12.5 Å². The smallest absolute Gasteiger partial charge is 0.256 e. The molecule has 1 amide bonds. The Morgan fingerprint density at radius 3 is 2.32 bits per heavy atom. The highest BCUT2D eigenvalue weighted by Crippen LogP contribution is 2.32. The third-order valence-electron chi connectivity index (χ3n) is 2.54. The molecule has 0 unspecified atom stereocenters. The molecule has 98 valence electrons. The highest BCUT2D eigenvalue weighted by molar-refractivity contribution is 14.1. The van der Waals surface area contributed by atoms with Gasteiger partial charge in [0.05, 0.1) is 11.3 Å². The summed E-state index contributed by atoms with van der Waals surface area (Å²) in [5.41, 5.74) is 2.53. The van der Waals surface area contributed by atoms with Crippen molar-refractivity contribution in [2.75, 3.05) is 5.32 Å². The van der Waals surface area contributed by atoms with Gasteiger partial charge in [-0.15, -0.1) is 0 Å². The Kier molecular flexibility index (Phi) is 5.03. The van der Waals surface area contributed by atoms with Gasteiger partial charge in [0.25, 0.3) is 5.91 Å². The van der Waals surface area contributed by atoms with Gasteiger partial charge in [-0.25, -0.2) is 0 Å². The Morgan fingerprint density at radius 2 is 1.74 bits per heavy atom. The minimum atomic E-state index is -0.116. The first kappa shape index (κ1) is 15.0. The zero-order valence-electron chi connectivity index (χ0n) is 10.0. The number of rotatable bonds is 2. The Labute approximate surface area is 142 Å². The maximum Gasteiger partial charge on any atom is 0.256 e. The average Bonchev–Trinajstić information content (AvgIpc) is 2.34. The highest BCUT2D eigenvalue weighted by Gasteiger charge is 2.13.